The molecule has 2 rings (SSSR count). The second kappa shape index (κ2) is 8.53. The van der Waals surface area contributed by atoms with Gasteiger partial charge in [0.25, 0.3) is 5.91 Å². The summed E-state index contributed by atoms with van der Waals surface area (Å²) in [6, 6.07) is 10.9. The Morgan fingerprint density at radius 3 is 2.50 bits per heavy atom. The largest absolute Gasteiger partial charge is 0.462 e. The molecule has 0 saturated heterocycles. The van der Waals surface area contributed by atoms with Gasteiger partial charge in [0.05, 0.1) is 12.2 Å². The molecule has 2 aromatic carbocycles. The van der Waals surface area contributed by atoms with Gasteiger partial charge < -0.3 is 10.1 Å². The molecule has 0 heterocycles. The molecular formula is C19H14F2N2O3. The lowest BCUT2D eigenvalue weighted by Gasteiger charge is -2.06. The number of nitrogens with zero attached hydrogens (tertiary/aromatic N) is 1. The number of nitriles is 1. The summed E-state index contributed by atoms with van der Waals surface area (Å²) >= 11 is 0. The first-order valence-electron chi connectivity index (χ1n) is 7.60. The van der Waals surface area contributed by atoms with Gasteiger partial charge in [0.2, 0.25) is 0 Å². The highest BCUT2D eigenvalue weighted by molar-refractivity contribution is 6.09. The quantitative estimate of drug-likeness (QED) is 0.503. The van der Waals surface area contributed by atoms with Gasteiger partial charge in [-0.05, 0) is 43.3 Å². The van der Waals surface area contributed by atoms with Crippen molar-refractivity contribution in [3.63, 3.8) is 0 Å². The number of ether oxygens (including phenoxy) is 1. The van der Waals surface area contributed by atoms with Gasteiger partial charge in [-0.1, -0.05) is 12.1 Å². The number of esters is 1. The molecule has 1 amide bonds. The molecule has 0 aliphatic heterocycles. The van der Waals surface area contributed by atoms with Crippen LogP contribution in [-0.4, -0.2) is 18.5 Å². The van der Waals surface area contributed by atoms with Crippen LogP contribution in [0.1, 0.15) is 22.8 Å². The predicted octanol–water partition coefficient (Wildman–Crippen LogP) is 3.69. The van der Waals surface area contributed by atoms with E-state index >= 15 is 0 Å². The number of hydrogen-bond acceptors (Lipinski definition) is 4. The fraction of sp³-hybridized carbons (Fsp3) is 0.105. The normalized spacial score (nSPS) is 10.8. The monoisotopic (exact) mass is 356 g/mol. The average molecular weight is 356 g/mol. The molecule has 0 spiro atoms. The number of rotatable bonds is 5. The van der Waals surface area contributed by atoms with Crippen molar-refractivity contribution in [3.05, 3.63) is 70.8 Å². The van der Waals surface area contributed by atoms with E-state index in [9.17, 15) is 18.4 Å². The standard InChI is InChI=1S/C19H14F2N2O3/c1-2-26-19(25)12-6-8-15(9-7-12)23-18(24)14(11-22)10-13-4-3-5-16(20)17(13)21/h3-10H,2H2,1H3,(H,23,24). The van der Waals surface area contributed by atoms with Crippen molar-refractivity contribution in [2.45, 2.75) is 6.92 Å². The van der Waals surface area contributed by atoms with Crippen LogP contribution >= 0.6 is 0 Å². The summed E-state index contributed by atoms with van der Waals surface area (Å²) in [6.45, 7) is 1.92. The van der Waals surface area contributed by atoms with Crippen LogP contribution in [-0.2, 0) is 9.53 Å². The minimum absolute atomic E-state index is 0.214. The molecule has 2 aromatic rings. The van der Waals surface area contributed by atoms with E-state index in [4.69, 9.17) is 10.00 Å². The first kappa shape index (κ1) is 18.8. The van der Waals surface area contributed by atoms with E-state index in [1.807, 2.05) is 0 Å². The van der Waals surface area contributed by atoms with Crippen LogP contribution in [0.4, 0.5) is 14.5 Å². The lowest BCUT2D eigenvalue weighted by atomic mass is 10.1. The number of amides is 1. The second-order valence-electron chi connectivity index (χ2n) is 5.06. The molecule has 0 unspecified atom stereocenters. The molecule has 0 bridgehead atoms. The smallest absolute Gasteiger partial charge is 0.338 e. The Hall–Kier alpha value is -3.53. The Kier molecular flexibility index (Phi) is 6.17. The number of benzene rings is 2. The highest BCUT2D eigenvalue weighted by Gasteiger charge is 2.13. The van der Waals surface area contributed by atoms with Gasteiger partial charge in [0, 0.05) is 11.3 Å². The molecule has 0 atom stereocenters. The molecule has 0 saturated carbocycles. The molecule has 0 radical (unpaired) electrons. The van der Waals surface area contributed by atoms with E-state index in [2.05, 4.69) is 5.32 Å². The molecular weight excluding hydrogens is 342 g/mol. The third kappa shape index (κ3) is 4.51. The van der Waals surface area contributed by atoms with Crippen molar-refractivity contribution in [2.75, 3.05) is 11.9 Å². The van der Waals surface area contributed by atoms with Crippen LogP contribution < -0.4 is 5.32 Å². The maximum atomic E-state index is 13.7. The Balaban J connectivity index is 2.17. The van der Waals surface area contributed by atoms with Gasteiger partial charge in [-0.25, -0.2) is 13.6 Å². The number of carbonyl (C=O) groups excluding carboxylic acids is 2. The van der Waals surface area contributed by atoms with Crippen molar-refractivity contribution in [2.24, 2.45) is 0 Å². The summed E-state index contributed by atoms with van der Waals surface area (Å²) < 4.78 is 31.7. The molecule has 0 aliphatic carbocycles. The van der Waals surface area contributed by atoms with E-state index in [0.717, 1.165) is 12.1 Å². The van der Waals surface area contributed by atoms with Gasteiger partial charge in [0.15, 0.2) is 11.6 Å². The van der Waals surface area contributed by atoms with Crippen LogP contribution in [0.25, 0.3) is 6.08 Å². The van der Waals surface area contributed by atoms with Crippen molar-refractivity contribution < 1.29 is 23.1 Å². The van der Waals surface area contributed by atoms with Crippen molar-refractivity contribution in [1.82, 2.24) is 0 Å². The minimum Gasteiger partial charge on any atom is -0.462 e. The van der Waals surface area contributed by atoms with Crippen LogP contribution in [0.15, 0.2) is 48.0 Å². The fourth-order valence-electron chi connectivity index (χ4n) is 2.04. The molecule has 0 fully saturated rings. The fourth-order valence-corrected chi connectivity index (χ4v) is 2.04. The molecule has 132 valence electrons. The van der Waals surface area contributed by atoms with Crippen LogP contribution in [0.2, 0.25) is 0 Å². The van der Waals surface area contributed by atoms with Crippen LogP contribution in [0.5, 0.6) is 0 Å². The van der Waals surface area contributed by atoms with Gasteiger partial charge in [-0.2, -0.15) is 5.26 Å². The SMILES string of the molecule is CCOC(=O)c1ccc(NC(=O)C(C#N)=Cc2cccc(F)c2F)cc1. The molecule has 1 N–H and O–H groups in total. The number of halogens is 2. The second-order valence-corrected chi connectivity index (χ2v) is 5.06. The lowest BCUT2D eigenvalue weighted by Crippen LogP contribution is -2.14. The minimum atomic E-state index is -1.15. The Bertz CT molecular complexity index is 900. The summed E-state index contributed by atoms with van der Waals surface area (Å²) in [5.41, 5.74) is 0.0185. The van der Waals surface area contributed by atoms with E-state index < -0.39 is 29.1 Å². The van der Waals surface area contributed by atoms with Crippen molar-refractivity contribution in [3.8, 4) is 6.07 Å². The zero-order chi connectivity index (χ0) is 19.1. The highest BCUT2D eigenvalue weighted by atomic mass is 19.2. The molecule has 26 heavy (non-hydrogen) atoms. The van der Waals surface area contributed by atoms with Gasteiger partial charge in [0.1, 0.15) is 11.6 Å². The number of hydrogen-bond donors (Lipinski definition) is 1. The number of nitrogens with one attached hydrogen (secondary N) is 1. The van der Waals surface area contributed by atoms with Crippen molar-refractivity contribution in [1.29, 1.82) is 5.26 Å². The van der Waals surface area contributed by atoms with E-state index in [-0.39, 0.29) is 12.2 Å². The third-order valence-corrected chi connectivity index (χ3v) is 3.30. The van der Waals surface area contributed by atoms with Crippen molar-refractivity contribution >= 4 is 23.6 Å². The summed E-state index contributed by atoms with van der Waals surface area (Å²) in [6.07, 6.45) is 0.959. The van der Waals surface area contributed by atoms with Gasteiger partial charge in [-0.3, -0.25) is 4.79 Å². The third-order valence-electron chi connectivity index (χ3n) is 3.30. The molecule has 0 aliphatic rings. The summed E-state index contributed by atoms with van der Waals surface area (Å²) in [5.74, 6) is -3.51. The predicted molar refractivity (Wildman–Crippen MR) is 91.0 cm³/mol. The summed E-state index contributed by atoms with van der Waals surface area (Å²) in [7, 11) is 0. The molecule has 7 heteroatoms. The summed E-state index contributed by atoms with van der Waals surface area (Å²) in [4.78, 5) is 23.7. The van der Waals surface area contributed by atoms with E-state index in [0.29, 0.717) is 11.3 Å². The Morgan fingerprint density at radius 1 is 1.19 bits per heavy atom. The number of carbonyl (C=O) groups is 2. The first-order chi connectivity index (χ1) is 12.5. The van der Waals surface area contributed by atoms with Gasteiger partial charge in [-0.15, -0.1) is 0 Å². The maximum Gasteiger partial charge on any atom is 0.338 e. The zero-order valence-corrected chi connectivity index (χ0v) is 13.8. The van der Waals surface area contributed by atoms with Crippen LogP contribution in [0.3, 0.4) is 0 Å². The molecule has 0 aromatic heterocycles. The highest BCUT2D eigenvalue weighted by Crippen LogP contribution is 2.16. The maximum absolute atomic E-state index is 13.7. The van der Waals surface area contributed by atoms with E-state index in [1.165, 1.54) is 36.4 Å². The van der Waals surface area contributed by atoms with E-state index in [1.54, 1.807) is 13.0 Å². The zero-order valence-electron chi connectivity index (χ0n) is 13.8. The first-order valence-corrected chi connectivity index (χ1v) is 7.60. The Morgan fingerprint density at radius 2 is 1.88 bits per heavy atom. The number of anilines is 1. The average Bonchev–Trinajstić information content (AvgIpc) is 2.63. The Labute approximate surface area is 148 Å². The topological polar surface area (TPSA) is 79.2 Å². The van der Waals surface area contributed by atoms with Crippen LogP contribution in [0, 0.1) is 23.0 Å². The lowest BCUT2D eigenvalue weighted by molar-refractivity contribution is -0.112. The van der Waals surface area contributed by atoms with Gasteiger partial charge >= 0.3 is 5.97 Å². The molecule has 5 nitrogen and oxygen atoms in total. The summed E-state index contributed by atoms with van der Waals surface area (Å²) in [5, 5.41) is 11.6.